The lowest BCUT2D eigenvalue weighted by atomic mass is 10.1. The quantitative estimate of drug-likeness (QED) is 0.680. The lowest BCUT2D eigenvalue weighted by Crippen LogP contribution is -2.48. The van der Waals surface area contributed by atoms with E-state index in [0.29, 0.717) is 11.7 Å². The van der Waals surface area contributed by atoms with Gasteiger partial charge >= 0.3 is 0 Å². The number of anilines is 1. The number of nitrogens with zero attached hydrogens (tertiary/aromatic N) is 3. The lowest BCUT2D eigenvalue weighted by Gasteiger charge is -2.35. The number of thiazole rings is 1. The Morgan fingerprint density at radius 3 is 2.69 bits per heavy atom. The Balaban J connectivity index is 1.59. The van der Waals surface area contributed by atoms with Crippen LogP contribution in [0.1, 0.15) is 25.3 Å². The molecular weight excluding hydrogens is 388 g/mol. The maximum absolute atomic E-state index is 13.0. The highest BCUT2D eigenvalue weighted by atomic mass is 32.1. The summed E-state index contributed by atoms with van der Waals surface area (Å²) >= 11 is 1.36. The fourth-order valence-corrected chi connectivity index (χ4v) is 3.90. The minimum atomic E-state index is -0.186. The molecule has 1 N–H and O–H groups in total. The number of hydrogen-bond acceptors (Lipinski definition) is 6. The first-order chi connectivity index (χ1) is 14.1. The van der Waals surface area contributed by atoms with Crippen LogP contribution in [0.25, 0.3) is 0 Å². The third-order valence-corrected chi connectivity index (χ3v) is 5.61. The second-order valence-electron chi connectivity index (χ2n) is 7.15. The van der Waals surface area contributed by atoms with Gasteiger partial charge in [0.05, 0.1) is 13.2 Å². The van der Waals surface area contributed by atoms with E-state index < -0.39 is 0 Å². The predicted molar refractivity (Wildman–Crippen MR) is 114 cm³/mol. The molecule has 7 nitrogen and oxygen atoms in total. The molecule has 1 aliphatic rings. The zero-order valence-corrected chi connectivity index (χ0v) is 17.6. The maximum Gasteiger partial charge on any atom is 0.226 e. The Bertz CT molecular complexity index is 763. The van der Waals surface area contributed by atoms with Crippen molar-refractivity contribution in [3.8, 4) is 0 Å². The van der Waals surface area contributed by atoms with Gasteiger partial charge in [0.25, 0.3) is 0 Å². The molecule has 29 heavy (non-hydrogen) atoms. The van der Waals surface area contributed by atoms with Crippen molar-refractivity contribution >= 4 is 28.3 Å². The van der Waals surface area contributed by atoms with E-state index >= 15 is 0 Å². The van der Waals surface area contributed by atoms with Crippen molar-refractivity contribution in [1.29, 1.82) is 0 Å². The standard InChI is InChI=1S/C21H28N4O3S/c1-17(15-24-10-12-28-13-11-24)25(16-18-5-3-2-4-6-18)20(27)8-7-19(26)23-21-22-9-14-29-21/h2-6,9,14,17H,7-8,10-13,15-16H2,1H3,(H,22,23,26). The fourth-order valence-electron chi connectivity index (χ4n) is 3.36. The van der Waals surface area contributed by atoms with Gasteiger partial charge in [-0.1, -0.05) is 30.3 Å². The number of carbonyl (C=O) groups is 2. The highest BCUT2D eigenvalue weighted by Gasteiger charge is 2.24. The van der Waals surface area contributed by atoms with Gasteiger partial charge in [-0.15, -0.1) is 11.3 Å². The number of hydrogen-bond donors (Lipinski definition) is 1. The summed E-state index contributed by atoms with van der Waals surface area (Å²) in [6.45, 7) is 6.65. The van der Waals surface area contributed by atoms with Crippen LogP contribution in [0.15, 0.2) is 41.9 Å². The van der Waals surface area contributed by atoms with Crippen molar-refractivity contribution in [3.63, 3.8) is 0 Å². The Kier molecular flexibility index (Phi) is 8.15. The van der Waals surface area contributed by atoms with Gasteiger partial charge in [-0.3, -0.25) is 14.5 Å². The molecule has 0 saturated carbocycles. The maximum atomic E-state index is 13.0. The van der Waals surface area contributed by atoms with Crippen LogP contribution in [0, 0.1) is 0 Å². The van der Waals surface area contributed by atoms with Gasteiger partial charge in [-0.2, -0.15) is 0 Å². The molecule has 0 aliphatic carbocycles. The average molecular weight is 417 g/mol. The minimum Gasteiger partial charge on any atom is -0.379 e. The van der Waals surface area contributed by atoms with Crippen molar-refractivity contribution in [3.05, 3.63) is 47.5 Å². The first kappa shape index (κ1) is 21.4. The first-order valence-corrected chi connectivity index (χ1v) is 10.8. The van der Waals surface area contributed by atoms with E-state index in [9.17, 15) is 9.59 Å². The van der Waals surface area contributed by atoms with Crippen LogP contribution in [0.3, 0.4) is 0 Å². The molecule has 1 aromatic heterocycles. The summed E-state index contributed by atoms with van der Waals surface area (Å²) in [5, 5.41) is 5.10. The highest BCUT2D eigenvalue weighted by Crippen LogP contribution is 2.15. The van der Waals surface area contributed by atoms with Gasteiger partial charge in [0.15, 0.2) is 5.13 Å². The van der Waals surface area contributed by atoms with Crippen LogP contribution >= 0.6 is 11.3 Å². The third kappa shape index (κ3) is 6.92. The van der Waals surface area contributed by atoms with Gasteiger partial charge in [-0.25, -0.2) is 4.98 Å². The molecule has 1 fully saturated rings. The number of morpholine rings is 1. The van der Waals surface area contributed by atoms with Gasteiger partial charge in [0.2, 0.25) is 11.8 Å². The molecule has 1 unspecified atom stereocenters. The first-order valence-electron chi connectivity index (χ1n) is 9.94. The van der Waals surface area contributed by atoms with Crippen LogP contribution in [0.4, 0.5) is 5.13 Å². The number of ether oxygens (including phenoxy) is 1. The van der Waals surface area contributed by atoms with Crippen LogP contribution in [-0.4, -0.2) is 65.5 Å². The summed E-state index contributed by atoms with van der Waals surface area (Å²) < 4.78 is 5.42. The van der Waals surface area contributed by atoms with Gasteiger partial charge in [0.1, 0.15) is 0 Å². The van der Waals surface area contributed by atoms with Gasteiger partial charge < -0.3 is 15.0 Å². The Morgan fingerprint density at radius 1 is 1.24 bits per heavy atom. The van der Waals surface area contributed by atoms with E-state index in [2.05, 4.69) is 22.1 Å². The summed E-state index contributed by atoms with van der Waals surface area (Å²) in [6, 6.07) is 10.0. The summed E-state index contributed by atoms with van der Waals surface area (Å²) in [4.78, 5) is 33.4. The number of benzene rings is 1. The molecule has 2 heterocycles. The molecule has 1 aliphatic heterocycles. The smallest absolute Gasteiger partial charge is 0.226 e. The molecule has 0 spiro atoms. The van der Waals surface area contributed by atoms with E-state index in [-0.39, 0.29) is 30.7 Å². The molecule has 1 saturated heterocycles. The normalized spacial score (nSPS) is 15.6. The number of carbonyl (C=O) groups excluding carboxylic acids is 2. The predicted octanol–water partition coefficient (Wildman–Crippen LogP) is 2.61. The minimum absolute atomic E-state index is 0.0103. The number of rotatable bonds is 9. The van der Waals surface area contributed by atoms with Crippen LogP contribution in [0.5, 0.6) is 0 Å². The van der Waals surface area contributed by atoms with E-state index in [1.807, 2.05) is 35.2 Å². The topological polar surface area (TPSA) is 74.8 Å². The second kappa shape index (κ2) is 11.0. The zero-order valence-electron chi connectivity index (χ0n) is 16.8. The second-order valence-corrected chi connectivity index (χ2v) is 8.05. The summed E-state index contributed by atoms with van der Waals surface area (Å²) in [6.07, 6.45) is 1.96. The molecule has 2 amide bonds. The largest absolute Gasteiger partial charge is 0.379 e. The number of amides is 2. The molecule has 2 aromatic rings. The Morgan fingerprint density at radius 2 is 2.00 bits per heavy atom. The van der Waals surface area contributed by atoms with Crippen LogP contribution < -0.4 is 5.32 Å². The molecule has 1 aromatic carbocycles. The molecule has 0 radical (unpaired) electrons. The molecule has 1 atom stereocenters. The van der Waals surface area contributed by atoms with Crippen molar-refractivity contribution in [2.75, 3.05) is 38.2 Å². The van der Waals surface area contributed by atoms with E-state index in [4.69, 9.17) is 4.74 Å². The number of nitrogens with one attached hydrogen (secondary N) is 1. The fraction of sp³-hybridized carbons (Fsp3) is 0.476. The molecule has 0 bridgehead atoms. The van der Waals surface area contributed by atoms with E-state index in [1.54, 1.807) is 11.6 Å². The van der Waals surface area contributed by atoms with Gasteiger partial charge in [-0.05, 0) is 12.5 Å². The van der Waals surface area contributed by atoms with Crippen molar-refractivity contribution < 1.29 is 14.3 Å². The SMILES string of the molecule is CC(CN1CCOCC1)N(Cc1ccccc1)C(=O)CCC(=O)Nc1nccs1. The average Bonchev–Trinajstić information content (AvgIpc) is 3.24. The molecule has 156 valence electrons. The van der Waals surface area contributed by atoms with E-state index in [0.717, 1.165) is 38.4 Å². The summed E-state index contributed by atoms with van der Waals surface area (Å²) in [5.41, 5.74) is 1.09. The van der Waals surface area contributed by atoms with Crippen molar-refractivity contribution in [2.24, 2.45) is 0 Å². The van der Waals surface area contributed by atoms with Crippen LogP contribution in [0.2, 0.25) is 0 Å². The molecule has 3 rings (SSSR count). The Hall–Kier alpha value is -2.29. The third-order valence-electron chi connectivity index (χ3n) is 4.92. The van der Waals surface area contributed by atoms with Crippen molar-refractivity contribution in [1.82, 2.24) is 14.8 Å². The lowest BCUT2D eigenvalue weighted by molar-refractivity contribution is -0.136. The van der Waals surface area contributed by atoms with Crippen LogP contribution in [-0.2, 0) is 20.9 Å². The summed E-state index contributed by atoms with van der Waals surface area (Å²) in [5.74, 6) is -0.197. The molecule has 8 heteroatoms. The highest BCUT2D eigenvalue weighted by molar-refractivity contribution is 7.13. The van der Waals surface area contributed by atoms with Gasteiger partial charge in [0, 0.05) is 56.6 Å². The zero-order chi connectivity index (χ0) is 20.5. The molecular formula is C21H28N4O3S. The Labute approximate surface area is 175 Å². The number of aromatic nitrogens is 1. The van der Waals surface area contributed by atoms with Crippen molar-refractivity contribution in [2.45, 2.75) is 32.4 Å². The summed E-state index contributed by atoms with van der Waals surface area (Å²) in [7, 11) is 0. The monoisotopic (exact) mass is 416 g/mol. The van der Waals surface area contributed by atoms with E-state index in [1.165, 1.54) is 11.3 Å².